The van der Waals surface area contributed by atoms with E-state index in [0.29, 0.717) is 5.92 Å². The maximum atomic E-state index is 10.6. The third-order valence-corrected chi connectivity index (χ3v) is 2.05. The Morgan fingerprint density at radius 2 is 2.33 bits per heavy atom. The first kappa shape index (κ1) is 7.03. The molecule has 1 rings (SSSR count). The smallest absolute Gasteiger partial charge is 0.239 e. The molecule has 0 N–H and O–H groups in total. The Labute approximate surface area is 59.8 Å². The minimum Gasteiger partial charge on any atom is -0.295 e. The van der Waals surface area contributed by atoms with Crippen molar-refractivity contribution in [3.05, 3.63) is 0 Å². The molecule has 2 atom stereocenters. The van der Waals surface area contributed by atoms with Crippen molar-refractivity contribution >= 4 is 16.8 Å². The van der Waals surface area contributed by atoms with Gasteiger partial charge in [-0.25, -0.2) is 0 Å². The van der Waals surface area contributed by atoms with Crippen molar-refractivity contribution in [1.29, 1.82) is 0 Å². The van der Waals surface area contributed by atoms with Gasteiger partial charge in [-0.2, -0.15) is 0 Å². The van der Waals surface area contributed by atoms with E-state index in [1.807, 2.05) is 18.9 Å². The van der Waals surface area contributed by atoms with Crippen LogP contribution in [0.2, 0.25) is 0 Å². The van der Waals surface area contributed by atoms with E-state index in [2.05, 4.69) is 0 Å². The zero-order valence-electron chi connectivity index (χ0n) is 5.60. The van der Waals surface area contributed by atoms with E-state index in [0.717, 1.165) is 6.54 Å². The number of carbonyl (C=O) groups excluding carboxylic acids is 1. The highest BCUT2D eigenvalue weighted by Crippen LogP contribution is 2.23. The summed E-state index contributed by atoms with van der Waals surface area (Å²) in [6.45, 7) is 3.02. The topological polar surface area (TPSA) is 20.3 Å². The van der Waals surface area contributed by atoms with Crippen LogP contribution in [0.25, 0.3) is 0 Å². The first-order valence-corrected chi connectivity index (χ1v) is 3.40. The summed E-state index contributed by atoms with van der Waals surface area (Å²) >= 11 is 5.29. The van der Waals surface area contributed by atoms with Crippen LogP contribution in [-0.4, -0.2) is 29.8 Å². The number of halogens is 1. The maximum Gasteiger partial charge on any atom is 0.239 e. The van der Waals surface area contributed by atoms with Crippen LogP contribution in [0, 0.1) is 5.92 Å². The van der Waals surface area contributed by atoms with E-state index in [-0.39, 0.29) is 11.3 Å². The fourth-order valence-electron chi connectivity index (χ4n) is 1.36. The standard InChI is InChI=1S/C6H10ClNO/c1-4-3-8(2)5(4)6(7)9/h4-5H,3H2,1-2H3/t4?,5-/m0/s1. The average molecular weight is 148 g/mol. The Hall–Kier alpha value is -0.0800. The summed E-state index contributed by atoms with van der Waals surface area (Å²) in [6.07, 6.45) is 0. The molecule has 0 amide bonds. The number of likely N-dealkylation sites (N-methyl/N-ethyl adjacent to an activating group) is 1. The fourth-order valence-corrected chi connectivity index (χ4v) is 1.74. The van der Waals surface area contributed by atoms with Crippen molar-refractivity contribution in [2.24, 2.45) is 5.92 Å². The lowest BCUT2D eigenvalue weighted by atomic mass is 9.92. The molecule has 2 nitrogen and oxygen atoms in total. The molecule has 0 aliphatic carbocycles. The van der Waals surface area contributed by atoms with Gasteiger partial charge in [-0.15, -0.1) is 0 Å². The molecule has 1 aliphatic heterocycles. The Bertz CT molecular complexity index is 129. The molecule has 3 heteroatoms. The third-order valence-electron chi connectivity index (χ3n) is 1.82. The van der Waals surface area contributed by atoms with Crippen LogP contribution in [0.3, 0.4) is 0 Å². The summed E-state index contributed by atoms with van der Waals surface area (Å²) < 4.78 is 0. The molecule has 1 heterocycles. The van der Waals surface area contributed by atoms with Gasteiger partial charge in [-0.05, 0) is 24.6 Å². The molecule has 0 bridgehead atoms. The summed E-state index contributed by atoms with van der Waals surface area (Å²) in [5.41, 5.74) is 0. The quantitative estimate of drug-likeness (QED) is 0.509. The number of hydrogen-bond acceptors (Lipinski definition) is 2. The molecule has 1 saturated heterocycles. The van der Waals surface area contributed by atoms with E-state index in [1.54, 1.807) is 0 Å². The highest BCUT2D eigenvalue weighted by molar-refractivity contribution is 6.64. The SMILES string of the molecule is CC1CN(C)[C@@H]1C(=O)Cl. The summed E-state index contributed by atoms with van der Waals surface area (Å²) in [4.78, 5) is 12.5. The van der Waals surface area contributed by atoms with Crippen LogP contribution in [0.5, 0.6) is 0 Å². The fraction of sp³-hybridized carbons (Fsp3) is 0.833. The molecular weight excluding hydrogens is 138 g/mol. The number of nitrogens with zero attached hydrogens (tertiary/aromatic N) is 1. The second-order valence-electron chi connectivity index (χ2n) is 2.67. The monoisotopic (exact) mass is 147 g/mol. The number of rotatable bonds is 1. The molecule has 0 spiro atoms. The first-order valence-electron chi connectivity index (χ1n) is 3.02. The molecule has 0 saturated carbocycles. The van der Waals surface area contributed by atoms with Gasteiger partial charge in [0.15, 0.2) is 0 Å². The van der Waals surface area contributed by atoms with Crippen LogP contribution < -0.4 is 0 Å². The number of carbonyl (C=O) groups is 1. The van der Waals surface area contributed by atoms with Gasteiger partial charge in [0.05, 0.1) is 6.04 Å². The normalized spacial score (nSPS) is 35.9. The maximum absolute atomic E-state index is 10.6. The van der Waals surface area contributed by atoms with Gasteiger partial charge in [0.25, 0.3) is 0 Å². The molecule has 0 aromatic rings. The second-order valence-corrected chi connectivity index (χ2v) is 3.04. The summed E-state index contributed by atoms with van der Waals surface area (Å²) in [5.74, 6) is 0.444. The predicted molar refractivity (Wildman–Crippen MR) is 36.4 cm³/mol. The molecule has 1 aliphatic rings. The van der Waals surface area contributed by atoms with E-state index in [1.165, 1.54) is 0 Å². The molecule has 52 valence electrons. The van der Waals surface area contributed by atoms with Gasteiger partial charge in [-0.1, -0.05) is 6.92 Å². The summed E-state index contributed by atoms with van der Waals surface area (Å²) in [5, 5.41) is -0.226. The molecule has 0 aromatic carbocycles. The van der Waals surface area contributed by atoms with Crippen molar-refractivity contribution in [2.45, 2.75) is 13.0 Å². The molecule has 1 unspecified atom stereocenters. The third kappa shape index (κ3) is 1.10. The predicted octanol–water partition coefficient (Wildman–Crippen LogP) is 0.702. The van der Waals surface area contributed by atoms with Crippen molar-refractivity contribution in [2.75, 3.05) is 13.6 Å². The van der Waals surface area contributed by atoms with Gasteiger partial charge in [0, 0.05) is 6.54 Å². The van der Waals surface area contributed by atoms with Crippen molar-refractivity contribution in [1.82, 2.24) is 4.90 Å². The zero-order chi connectivity index (χ0) is 7.02. The Balaban J connectivity index is 2.49. The lowest BCUT2D eigenvalue weighted by Gasteiger charge is -2.41. The van der Waals surface area contributed by atoms with E-state index in [4.69, 9.17) is 11.6 Å². The molecular formula is C6H10ClNO. The van der Waals surface area contributed by atoms with E-state index in [9.17, 15) is 4.79 Å². The molecule has 0 radical (unpaired) electrons. The lowest BCUT2D eigenvalue weighted by molar-refractivity contribution is -0.122. The van der Waals surface area contributed by atoms with Gasteiger partial charge in [-0.3, -0.25) is 9.69 Å². The van der Waals surface area contributed by atoms with Crippen molar-refractivity contribution < 1.29 is 4.79 Å². The lowest BCUT2D eigenvalue weighted by Crippen LogP contribution is -2.55. The highest BCUT2D eigenvalue weighted by Gasteiger charge is 2.37. The van der Waals surface area contributed by atoms with Crippen molar-refractivity contribution in [3.8, 4) is 0 Å². The van der Waals surface area contributed by atoms with Crippen LogP contribution in [-0.2, 0) is 4.79 Å². The average Bonchev–Trinajstić information content (AvgIpc) is 1.62. The van der Waals surface area contributed by atoms with E-state index >= 15 is 0 Å². The number of likely N-dealkylation sites (tertiary alicyclic amines) is 1. The number of hydrogen-bond donors (Lipinski definition) is 0. The molecule has 1 fully saturated rings. The van der Waals surface area contributed by atoms with Crippen molar-refractivity contribution in [3.63, 3.8) is 0 Å². The van der Waals surface area contributed by atoms with Crippen LogP contribution >= 0.6 is 11.6 Å². The minimum atomic E-state index is -0.226. The largest absolute Gasteiger partial charge is 0.295 e. The summed E-state index contributed by atoms with van der Waals surface area (Å²) in [7, 11) is 1.91. The van der Waals surface area contributed by atoms with Crippen LogP contribution in [0.4, 0.5) is 0 Å². The van der Waals surface area contributed by atoms with E-state index < -0.39 is 0 Å². The molecule has 0 aromatic heterocycles. The Morgan fingerprint density at radius 1 is 1.78 bits per heavy atom. The Kier molecular flexibility index (Phi) is 1.78. The first-order chi connectivity index (χ1) is 4.13. The van der Waals surface area contributed by atoms with Crippen LogP contribution in [0.1, 0.15) is 6.92 Å². The van der Waals surface area contributed by atoms with Gasteiger partial charge < -0.3 is 0 Å². The minimum absolute atomic E-state index is 0.0216. The van der Waals surface area contributed by atoms with Crippen LogP contribution in [0.15, 0.2) is 0 Å². The second kappa shape index (κ2) is 2.27. The van der Waals surface area contributed by atoms with Gasteiger partial charge >= 0.3 is 0 Å². The summed E-state index contributed by atoms with van der Waals surface area (Å²) in [6, 6.07) is -0.0216. The van der Waals surface area contributed by atoms with Gasteiger partial charge in [0.1, 0.15) is 0 Å². The molecule has 9 heavy (non-hydrogen) atoms. The highest BCUT2D eigenvalue weighted by atomic mass is 35.5. The zero-order valence-corrected chi connectivity index (χ0v) is 6.35. The Morgan fingerprint density at radius 3 is 2.44 bits per heavy atom. The van der Waals surface area contributed by atoms with Gasteiger partial charge in [0.2, 0.25) is 5.24 Å².